The fourth-order valence-electron chi connectivity index (χ4n) is 6.81. The lowest BCUT2D eigenvalue weighted by Gasteiger charge is -2.38. The van der Waals surface area contributed by atoms with Crippen LogP contribution in [0.15, 0.2) is 194 Å². The molecule has 0 saturated carbocycles. The molecule has 0 heterocycles. The van der Waals surface area contributed by atoms with Gasteiger partial charge in [-0.25, -0.2) is 0 Å². The van der Waals surface area contributed by atoms with E-state index < -0.39 is 0 Å². The third kappa shape index (κ3) is 5.62. The van der Waals surface area contributed by atoms with E-state index in [9.17, 15) is 0 Å². The number of rotatable bonds is 10. The Morgan fingerprint density at radius 1 is 0.372 bits per heavy atom. The van der Waals surface area contributed by atoms with E-state index in [1.54, 1.807) is 0 Å². The summed E-state index contributed by atoms with van der Waals surface area (Å²) in [5.74, 6) is 0. The molecule has 0 aromatic heterocycles. The first-order valence-electron chi connectivity index (χ1n) is 15.2. The summed E-state index contributed by atoms with van der Waals surface area (Å²) in [6.07, 6.45) is 4.22. The molecule has 0 heteroatoms. The zero-order valence-electron chi connectivity index (χ0n) is 24.8. The van der Waals surface area contributed by atoms with Crippen molar-refractivity contribution in [2.45, 2.75) is 30.6 Å². The number of hydrogen-bond donors (Lipinski definition) is 0. The molecule has 0 spiro atoms. The van der Waals surface area contributed by atoms with E-state index in [1.165, 1.54) is 39.0 Å². The molecule has 6 rings (SSSR count). The van der Waals surface area contributed by atoms with E-state index in [-0.39, 0.29) is 10.8 Å². The summed E-state index contributed by atoms with van der Waals surface area (Å²) in [6, 6.07) is 66.1. The van der Waals surface area contributed by atoms with Gasteiger partial charge >= 0.3 is 0 Å². The summed E-state index contributed by atoms with van der Waals surface area (Å²) >= 11 is 0. The van der Waals surface area contributed by atoms with Gasteiger partial charge in [-0.05, 0) is 53.1 Å². The molecular weight excluding hydrogens is 516 g/mol. The summed E-state index contributed by atoms with van der Waals surface area (Å²) < 4.78 is 0. The lowest BCUT2D eigenvalue weighted by molar-refractivity contribution is 0.593. The fraction of sp³-hybridized carbons (Fsp3) is 0.116. The monoisotopic (exact) mass is 554 g/mol. The summed E-state index contributed by atoms with van der Waals surface area (Å²) in [4.78, 5) is 0. The minimum absolute atomic E-state index is 0.320. The van der Waals surface area contributed by atoms with Gasteiger partial charge in [0, 0.05) is 10.8 Å². The number of allylic oxidation sites excluding steroid dienone is 2. The van der Waals surface area contributed by atoms with E-state index >= 15 is 0 Å². The highest BCUT2D eigenvalue weighted by Gasteiger charge is 2.38. The van der Waals surface area contributed by atoms with Gasteiger partial charge in [0.1, 0.15) is 0 Å². The largest absolute Gasteiger partial charge is 0.0840 e. The van der Waals surface area contributed by atoms with Crippen molar-refractivity contribution in [3.63, 3.8) is 0 Å². The van der Waals surface area contributed by atoms with Crippen LogP contribution in [0, 0.1) is 0 Å². The SMILES string of the molecule is C/C(=C\CC(c1ccccc1)(c1ccccc1)c1ccccc1)CC(c1ccccc1)(c1ccccc1)c1ccccc1. The average Bonchev–Trinajstić information content (AvgIpc) is 3.10. The molecule has 0 fully saturated rings. The Labute approximate surface area is 257 Å². The maximum absolute atomic E-state index is 2.50. The van der Waals surface area contributed by atoms with Crippen molar-refractivity contribution in [2.75, 3.05) is 0 Å². The zero-order valence-corrected chi connectivity index (χ0v) is 24.8. The van der Waals surface area contributed by atoms with Gasteiger partial charge in [-0.1, -0.05) is 194 Å². The highest BCUT2D eigenvalue weighted by Crippen LogP contribution is 2.46. The van der Waals surface area contributed by atoms with Gasteiger partial charge in [0.2, 0.25) is 0 Å². The zero-order chi connectivity index (χ0) is 29.4. The molecule has 43 heavy (non-hydrogen) atoms. The maximum atomic E-state index is 2.50. The summed E-state index contributed by atoms with van der Waals surface area (Å²) in [5.41, 5.74) is 8.55. The van der Waals surface area contributed by atoms with Crippen molar-refractivity contribution in [3.05, 3.63) is 227 Å². The van der Waals surface area contributed by atoms with Gasteiger partial charge in [-0.15, -0.1) is 0 Å². The Hall–Kier alpha value is -4.94. The van der Waals surface area contributed by atoms with Gasteiger partial charge in [0.25, 0.3) is 0 Å². The highest BCUT2D eigenvalue weighted by molar-refractivity contribution is 5.53. The predicted octanol–water partition coefficient (Wildman–Crippen LogP) is 10.8. The van der Waals surface area contributed by atoms with Crippen LogP contribution < -0.4 is 0 Å². The first kappa shape index (κ1) is 28.2. The minimum atomic E-state index is -0.320. The van der Waals surface area contributed by atoms with Crippen molar-refractivity contribution in [2.24, 2.45) is 0 Å². The molecule has 0 unspecified atom stereocenters. The third-order valence-electron chi connectivity index (χ3n) is 8.90. The van der Waals surface area contributed by atoms with Gasteiger partial charge in [-0.2, -0.15) is 0 Å². The number of benzene rings is 6. The van der Waals surface area contributed by atoms with Crippen LogP contribution in [0.2, 0.25) is 0 Å². The van der Waals surface area contributed by atoms with Crippen LogP contribution in [-0.2, 0) is 10.8 Å². The predicted molar refractivity (Wildman–Crippen MR) is 181 cm³/mol. The average molecular weight is 555 g/mol. The van der Waals surface area contributed by atoms with Crippen LogP contribution in [0.1, 0.15) is 53.1 Å². The van der Waals surface area contributed by atoms with Crippen LogP contribution in [-0.4, -0.2) is 0 Å². The minimum Gasteiger partial charge on any atom is -0.0840 e. The van der Waals surface area contributed by atoms with Crippen LogP contribution in [0.25, 0.3) is 0 Å². The Morgan fingerprint density at radius 2 is 0.605 bits per heavy atom. The molecule has 0 N–H and O–H groups in total. The van der Waals surface area contributed by atoms with Crippen LogP contribution >= 0.6 is 0 Å². The van der Waals surface area contributed by atoms with Crippen molar-refractivity contribution in [1.29, 1.82) is 0 Å². The molecule has 0 aliphatic carbocycles. The normalized spacial score (nSPS) is 12.2. The molecule has 0 radical (unpaired) electrons. The molecule has 6 aromatic carbocycles. The van der Waals surface area contributed by atoms with E-state index in [4.69, 9.17) is 0 Å². The van der Waals surface area contributed by atoms with Crippen molar-refractivity contribution in [1.82, 2.24) is 0 Å². The van der Waals surface area contributed by atoms with Crippen molar-refractivity contribution >= 4 is 0 Å². The van der Waals surface area contributed by atoms with E-state index in [2.05, 4.69) is 195 Å². The molecule has 0 saturated heterocycles. The Balaban J connectivity index is 1.52. The van der Waals surface area contributed by atoms with Crippen LogP contribution in [0.3, 0.4) is 0 Å². The third-order valence-corrected chi connectivity index (χ3v) is 8.90. The fourth-order valence-corrected chi connectivity index (χ4v) is 6.81. The lowest BCUT2D eigenvalue weighted by Crippen LogP contribution is -2.31. The molecule has 0 nitrogen and oxygen atoms in total. The first-order valence-corrected chi connectivity index (χ1v) is 15.2. The Bertz CT molecular complexity index is 1530. The van der Waals surface area contributed by atoms with Gasteiger partial charge in [0.15, 0.2) is 0 Å². The summed E-state index contributed by atoms with van der Waals surface area (Å²) in [6.45, 7) is 2.31. The molecule has 0 bridgehead atoms. The lowest BCUT2D eigenvalue weighted by atomic mass is 9.65. The molecule has 0 amide bonds. The van der Waals surface area contributed by atoms with E-state index in [1.807, 2.05) is 0 Å². The van der Waals surface area contributed by atoms with Crippen LogP contribution in [0.4, 0.5) is 0 Å². The first-order chi connectivity index (χ1) is 21.2. The second-order valence-electron chi connectivity index (χ2n) is 11.4. The molecule has 0 aliphatic heterocycles. The highest BCUT2D eigenvalue weighted by atomic mass is 14.4. The van der Waals surface area contributed by atoms with Crippen molar-refractivity contribution in [3.8, 4) is 0 Å². The van der Waals surface area contributed by atoms with Gasteiger partial charge in [0.05, 0.1) is 0 Å². The van der Waals surface area contributed by atoms with Crippen LogP contribution in [0.5, 0.6) is 0 Å². The molecular formula is C43H38. The molecule has 0 aliphatic rings. The topological polar surface area (TPSA) is 0 Å². The summed E-state index contributed by atoms with van der Waals surface area (Å²) in [7, 11) is 0. The van der Waals surface area contributed by atoms with Crippen molar-refractivity contribution < 1.29 is 0 Å². The summed E-state index contributed by atoms with van der Waals surface area (Å²) in [5, 5.41) is 0. The second-order valence-corrected chi connectivity index (χ2v) is 11.4. The quantitative estimate of drug-likeness (QED) is 0.117. The maximum Gasteiger partial charge on any atom is 0.0488 e. The van der Waals surface area contributed by atoms with E-state index in [0.717, 1.165) is 12.8 Å². The molecule has 6 aromatic rings. The Kier molecular flexibility index (Phi) is 8.47. The number of hydrogen-bond acceptors (Lipinski definition) is 0. The van der Waals surface area contributed by atoms with Gasteiger partial charge in [-0.3, -0.25) is 0 Å². The standard InChI is InChI=1S/C43H38/c1-35(34-43(39-26-14-5-15-27-39,40-28-16-6-17-29-40)41-30-18-7-19-31-41)32-33-42(36-20-8-2-9-21-36,37-22-10-3-11-23-37)38-24-12-4-13-25-38/h2-32H,33-34H2,1H3/b35-32+. The molecule has 0 atom stereocenters. The van der Waals surface area contributed by atoms with E-state index in [0.29, 0.717) is 0 Å². The van der Waals surface area contributed by atoms with Gasteiger partial charge < -0.3 is 0 Å². The second kappa shape index (κ2) is 12.9. The molecule has 210 valence electrons. The Morgan fingerprint density at radius 3 is 0.860 bits per heavy atom. The smallest absolute Gasteiger partial charge is 0.0488 e.